The van der Waals surface area contributed by atoms with Crippen LogP contribution in [0.25, 0.3) is 10.9 Å². The van der Waals surface area contributed by atoms with Gasteiger partial charge in [-0.3, -0.25) is 4.98 Å². The van der Waals surface area contributed by atoms with Crippen molar-refractivity contribution in [2.45, 2.75) is 11.8 Å². The number of nitrogen functional groups attached to an aromatic ring is 1. The molecule has 1 aromatic heterocycles. The number of benzene rings is 1. The molecule has 1 aromatic carbocycles. The maximum absolute atomic E-state index is 11.6. The van der Waals surface area contributed by atoms with Crippen LogP contribution in [0.15, 0.2) is 29.2 Å². The van der Waals surface area contributed by atoms with E-state index in [9.17, 15) is 8.42 Å². The molecule has 0 aliphatic rings. The molecule has 0 fully saturated rings. The molecule has 0 radical (unpaired) electrons. The molecular weight excluding hydrogens is 224 g/mol. The Hall–Kier alpha value is -1.62. The normalized spacial score (nSPS) is 11.9. The number of aromatic nitrogens is 1. The van der Waals surface area contributed by atoms with Crippen LogP contribution in [0.1, 0.15) is 5.69 Å². The summed E-state index contributed by atoms with van der Waals surface area (Å²) in [7, 11) is -3.26. The maximum atomic E-state index is 11.6. The Balaban J connectivity index is 2.96. The van der Waals surface area contributed by atoms with Crippen molar-refractivity contribution in [2.24, 2.45) is 0 Å². The van der Waals surface area contributed by atoms with Gasteiger partial charge in [-0.1, -0.05) is 0 Å². The average molecular weight is 236 g/mol. The molecule has 84 valence electrons. The van der Waals surface area contributed by atoms with Gasteiger partial charge in [-0.25, -0.2) is 8.42 Å². The van der Waals surface area contributed by atoms with Crippen LogP contribution in [0.5, 0.6) is 0 Å². The number of hydrogen-bond donors (Lipinski definition) is 1. The molecule has 0 atom stereocenters. The van der Waals surface area contributed by atoms with Crippen molar-refractivity contribution < 1.29 is 8.42 Å². The SMILES string of the molecule is Cc1cc(S(C)(=O)=O)c2cc(N)ccc2n1. The molecule has 0 saturated carbocycles. The predicted molar refractivity (Wildman–Crippen MR) is 64.0 cm³/mol. The molecule has 2 rings (SSSR count). The molecule has 0 unspecified atom stereocenters. The van der Waals surface area contributed by atoms with Crippen LogP contribution >= 0.6 is 0 Å². The van der Waals surface area contributed by atoms with Gasteiger partial charge in [0.15, 0.2) is 9.84 Å². The van der Waals surface area contributed by atoms with E-state index in [1.807, 2.05) is 0 Å². The Bertz CT molecular complexity index is 663. The molecule has 0 aliphatic carbocycles. The second-order valence-corrected chi connectivity index (χ2v) is 5.79. The number of sulfone groups is 1. The van der Waals surface area contributed by atoms with Gasteiger partial charge in [-0.2, -0.15) is 0 Å². The highest BCUT2D eigenvalue weighted by atomic mass is 32.2. The number of nitrogens with two attached hydrogens (primary N) is 1. The van der Waals surface area contributed by atoms with Gasteiger partial charge in [0, 0.05) is 23.0 Å². The zero-order valence-corrected chi connectivity index (χ0v) is 9.88. The van der Waals surface area contributed by atoms with E-state index in [-0.39, 0.29) is 4.90 Å². The summed E-state index contributed by atoms with van der Waals surface area (Å²) in [6.45, 7) is 1.77. The molecule has 0 amide bonds. The minimum absolute atomic E-state index is 0.280. The van der Waals surface area contributed by atoms with Crippen molar-refractivity contribution in [2.75, 3.05) is 12.0 Å². The fourth-order valence-electron chi connectivity index (χ4n) is 1.65. The van der Waals surface area contributed by atoms with Crippen molar-refractivity contribution in [3.05, 3.63) is 30.0 Å². The number of rotatable bonds is 1. The van der Waals surface area contributed by atoms with Gasteiger partial charge in [-0.05, 0) is 31.2 Å². The van der Waals surface area contributed by atoms with E-state index in [1.54, 1.807) is 31.2 Å². The van der Waals surface area contributed by atoms with Crippen molar-refractivity contribution in [3.63, 3.8) is 0 Å². The highest BCUT2D eigenvalue weighted by Crippen LogP contribution is 2.24. The third kappa shape index (κ3) is 1.86. The highest BCUT2D eigenvalue weighted by molar-refractivity contribution is 7.91. The minimum atomic E-state index is -3.26. The van der Waals surface area contributed by atoms with Crippen molar-refractivity contribution >= 4 is 26.4 Å². The summed E-state index contributed by atoms with van der Waals surface area (Å²) in [5.41, 5.74) is 7.51. The molecule has 5 heteroatoms. The first-order valence-electron chi connectivity index (χ1n) is 4.75. The van der Waals surface area contributed by atoms with E-state index >= 15 is 0 Å². The minimum Gasteiger partial charge on any atom is -0.399 e. The Kier molecular flexibility index (Phi) is 2.35. The molecule has 4 nitrogen and oxygen atoms in total. The Labute approximate surface area is 94.0 Å². The summed E-state index contributed by atoms with van der Waals surface area (Å²) in [5.74, 6) is 0. The van der Waals surface area contributed by atoms with Crippen LogP contribution in [0.4, 0.5) is 5.69 Å². The largest absolute Gasteiger partial charge is 0.399 e. The molecular formula is C11H12N2O2S. The smallest absolute Gasteiger partial charge is 0.176 e. The topological polar surface area (TPSA) is 73.0 Å². The predicted octanol–water partition coefficient (Wildman–Crippen LogP) is 1.53. The third-order valence-corrected chi connectivity index (χ3v) is 3.46. The lowest BCUT2D eigenvalue weighted by Gasteiger charge is -2.06. The van der Waals surface area contributed by atoms with E-state index < -0.39 is 9.84 Å². The molecule has 1 heterocycles. The highest BCUT2D eigenvalue weighted by Gasteiger charge is 2.13. The first kappa shape index (κ1) is 10.9. The van der Waals surface area contributed by atoms with Crippen LogP contribution < -0.4 is 5.73 Å². The zero-order chi connectivity index (χ0) is 11.9. The van der Waals surface area contributed by atoms with Crippen molar-refractivity contribution in [3.8, 4) is 0 Å². The summed E-state index contributed by atoms with van der Waals surface area (Å²) < 4.78 is 23.3. The number of hydrogen-bond acceptors (Lipinski definition) is 4. The lowest BCUT2D eigenvalue weighted by Crippen LogP contribution is -2.01. The second-order valence-electron chi connectivity index (χ2n) is 3.81. The molecule has 2 N–H and O–H groups in total. The first-order valence-corrected chi connectivity index (χ1v) is 6.64. The zero-order valence-electron chi connectivity index (χ0n) is 9.06. The van der Waals surface area contributed by atoms with Gasteiger partial charge in [0.05, 0.1) is 10.4 Å². The first-order chi connectivity index (χ1) is 7.38. The van der Waals surface area contributed by atoms with E-state index in [0.717, 1.165) is 0 Å². The molecule has 0 aliphatic heterocycles. The molecule has 0 saturated heterocycles. The maximum Gasteiger partial charge on any atom is 0.176 e. The second kappa shape index (κ2) is 3.45. The van der Waals surface area contributed by atoms with Crippen molar-refractivity contribution in [1.29, 1.82) is 0 Å². The standard InChI is InChI=1S/C11H12N2O2S/c1-7-5-11(16(2,14)15)9-6-8(12)3-4-10(9)13-7/h3-6H,12H2,1-2H3. The quantitative estimate of drug-likeness (QED) is 0.762. The molecule has 2 aromatic rings. The van der Waals surface area contributed by atoms with Gasteiger partial charge >= 0.3 is 0 Å². The lowest BCUT2D eigenvalue weighted by atomic mass is 10.2. The number of anilines is 1. The van der Waals surface area contributed by atoms with Crippen LogP contribution in [-0.4, -0.2) is 19.7 Å². The monoisotopic (exact) mass is 236 g/mol. The molecule has 0 bridgehead atoms. The summed E-state index contributed by atoms with van der Waals surface area (Å²) in [6, 6.07) is 6.64. The number of fused-ring (bicyclic) bond motifs is 1. The summed E-state index contributed by atoms with van der Waals surface area (Å²) in [6.07, 6.45) is 1.18. The van der Waals surface area contributed by atoms with E-state index in [0.29, 0.717) is 22.3 Å². The number of aryl methyl sites for hydroxylation is 1. The van der Waals surface area contributed by atoms with Crippen molar-refractivity contribution in [1.82, 2.24) is 4.98 Å². The fraction of sp³-hybridized carbons (Fsp3) is 0.182. The summed E-state index contributed by atoms with van der Waals surface area (Å²) in [4.78, 5) is 4.55. The number of pyridine rings is 1. The Morgan fingerprint density at radius 2 is 1.94 bits per heavy atom. The van der Waals surface area contributed by atoms with E-state index in [4.69, 9.17) is 5.73 Å². The molecule has 16 heavy (non-hydrogen) atoms. The van der Waals surface area contributed by atoms with E-state index in [1.165, 1.54) is 6.26 Å². The van der Waals surface area contributed by atoms with Gasteiger partial charge in [-0.15, -0.1) is 0 Å². The van der Waals surface area contributed by atoms with Crippen LogP contribution in [0, 0.1) is 6.92 Å². The Morgan fingerprint density at radius 1 is 1.25 bits per heavy atom. The fourth-order valence-corrected chi connectivity index (χ4v) is 2.59. The number of nitrogens with zero attached hydrogens (tertiary/aromatic N) is 1. The Morgan fingerprint density at radius 3 is 2.56 bits per heavy atom. The van der Waals surface area contributed by atoms with E-state index in [2.05, 4.69) is 4.98 Å². The van der Waals surface area contributed by atoms with Crippen LogP contribution in [0.3, 0.4) is 0 Å². The average Bonchev–Trinajstić information content (AvgIpc) is 2.16. The van der Waals surface area contributed by atoms with Gasteiger partial charge in [0.2, 0.25) is 0 Å². The summed E-state index contributed by atoms with van der Waals surface area (Å²) in [5, 5.41) is 0.577. The van der Waals surface area contributed by atoms with Gasteiger partial charge < -0.3 is 5.73 Å². The van der Waals surface area contributed by atoms with Crippen LogP contribution in [-0.2, 0) is 9.84 Å². The lowest BCUT2D eigenvalue weighted by molar-refractivity contribution is 0.602. The third-order valence-electron chi connectivity index (χ3n) is 2.32. The van der Waals surface area contributed by atoms with Crippen LogP contribution in [0.2, 0.25) is 0 Å². The summed E-state index contributed by atoms with van der Waals surface area (Å²) >= 11 is 0. The van der Waals surface area contributed by atoms with Gasteiger partial charge in [0.1, 0.15) is 0 Å². The molecule has 0 spiro atoms. The van der Waals surface area contributed by atoms with Gasteiger partial charge in [0.25, 0.3) is 0 Å².